The number of alkyl halides is 3. The zero-order valence-corrected chi connectivity index (χ0v) is 44.9. The summed E-state index contributed by atoms with van der Waals surface area (Å²) in [5.74, 6) is -0.583. The van der Waals surface area contributed by atoms with Crippen LogP contribution in [0.3, 0.4) is 0 Å². The van der Waals surface area contributed by atoms with E-state index in [9.17, 15) is 42.7 Å². The van der Waals surface area contributed by atoms with E-state index in [0.29, 0.717) is 48.8 Å². The van der Waals surface area contributed by atoms with Gasteiger partial charge in [0, 0.05) is 30.8 Å². The topological polar surface area (TPSA) is 177 Å². The normalized spacial score (nSPS) is 16.8. The lowest BCUT2D eigenvalue weighted by Gasteiger charge is -2.35. The fraction of sp³-hybridized carbons (Fsp3) is 0.328. The smallest absolute Gasteiger partial charge is 0.417 e. The zero-order valence-electron chi connectivity index (χ0n) is 43.3. The number of hydrogen-bond acceptors (Lipinski definition) is 11. The Bertz CT molecular complexity index is 3190. The number of likely N-dealkylation sites (tertiary alicyclic amines) is 1. The molecule has 77 heavy (non-hydrogen) atoms. The number of rotatable bonds is 17. The Morgan fingerprint density at radius 2 is 1.44 bits per heavy atom. The highest BCUT2D eigenvalue weighted by molar-refractivity contribution is 7.81. The molecule has 400 valence electrons. The summed E-state index contributed by atoms with van der Waals surface area (Å²) >= 11 is 7.24. The van der Waals surface area contributed by atoms with Crippen molar-refractivity contribution in [1.29, 1.82) is 5.26 Å². The molecule has 0 aliphatic carbocycles. The number of β-amino-alcohol motifs (C(OH)–C–C–N with tert-alkyl or cyclic N) is 1. The summed E-state index contributed by atoms with van der Waals surface area (Å²) in [4.78, 5) is 64.4. The first-order valence-electron chi connectivity index (χ1n) is 25.0. The Morgan fingerprint density at radius 3 is 2.00 bits per heavy atom. The van der Waals surface area contributed by atoms with Gasteiger partial charge in [-0.3, -0.25) is 24.1 Å². The number of nitriles is 1. The maximum absolute atomic E-state index is 14.2. The molecule has 3 atom stereocenters. The van der Waals surface area contributed by atoms with Crippen LogP contribution in [-0.2, 0) is 27.1 Å². The van der Waals surface area contributed by atoms with E-state index < -0.39 is 64.2 Å². The number of benzene rings is 5. The number of unbranched alkanes of at least 4 members (excludes halogenated alkanes) is 1. The molecule has 8 rings (SSSR count). The molecular formula is C58H58F3N7O7S2. The van der Waals surface area contributed by atoms with Crippen molar-refractivity contribution in [2.24, 2.45) is 5.41 Å². The number of halogens is 3. The van der Waals surface area contributed by atoms with Gasteiger partial charge in [0.25, 0.3) is 11.8 Å². The van der Waals surface area contributed by atoms with Gasteiger partial charge in [0.15, 0.2) is 5.11 Å². The highest BCUT2D eigenvalue weighted by Gasteiger charge is 2.51. The van der Waals surface area contributed by atoms with Crippen LogP contribution >= 0.6 is 23.6 Å². The average Bonchev–Trinajstić information content (AvgIpc) is 4.25. The number of carbonyl (C=O) groups excluding carboxylic acids is 4. The number of ether oxygens (including phenoxy) is 2. The van der Waals surface area contributed by atoms with Gasteiger partial charge < -0.3 is 35.0 Å². The van der Waals surface area contributed by atoms with Crippen LogP contribution < -0.4 is 29.9 Å². The van der Waals surface area contributed by atoms with E-state index in [4.69, 9.17) is 21.7 Å². The molecule has 2 saturated heterocycles. The first-order chi connectivity index (χ1) is 36.5. The number of hydrogen-bond donors (Lipinski definition) is 3. The van der Waals surface area contributed by atoms with Crippen LogP contribution in [-0.4, -0.2) is 87.2 Å². The molecule has 0 radical (unpaired) electrons. The number of aromatic nitrogens is 1. The van der Waals surface area contributed by atoms with Gasteiger partial charge in [-0.25, -0.2) is 4.98 Å². The second-order valence-corrected chi connectivity index (χ2v) is 21.7. The molecule has 19 heteroatoms. The number of carbonyl (C=O) groups is 4. The number of thiazole rings is 1. The highest BCUT2D eigenvalue weighted by Crippen LogP contribution is 2.40. The number of nitrogens with zero attached hydrogens (tertiary/aromatic N) is 5. The molecule has 3 heterocycles. The molecule has 2 aliphatic heterocycles. The number of nitrogens with one attached hydrogen (secondary N) is 2. The predicted octanol–water partition coefficient (Wildman–Crippen LogP) is 10.3. The van der Waals surface area contributed by atoms with Crippen LogP contribution in [0.25, 0.3) is 21.6 Å². The van der Waals surface area contributed by atoms with Gasteiger partial charge in [0.05, 0.1) is 58.3 Å². The second kappa shape index (κ2) is 22.9. The molecule has 0 saturated carbocycles. The Balaban J connectivity index is 0.777. The van der Waals surface area contributed by atoms with E-state index in [-0.39, 0.29) is 36.2 Å². The summed E-state index contributed by atoms with van der Waals surface area (Å²) in [6.07, 6.45) is -4.23. The van der Waals surface area contributed by atoms with Gasteiger partial charge in [-0.1, -0.05) is 69.3 Å². The van der Waals surface area contributed by atoms with E-state index in [1.165, 1.54) is 11.0 Å². The molecule has 2 aliphatic rings. The SMILES string of the molecule is Cc1ncsc1-c1ccc(CNC(=O)[C@@H]2C[C@@H](O)CN2C(=O)C(NC(=O)c2ccc(OCCCCOc3ccc(-c4ccc(N5C(=S)N(c6ccc(C#N)c(C(F)(F)F)c6)C(=O)C5(C)C)cc4)cc3)cc2)C(C)(C)C)cc1. The second-order valence-electron chi connectivity index (χ2n) is 20.5. The summed E-state index contributed by atoms with van der Waals surface area (Å²) in [6.45, 7) is 11.8. The summed E-state index contributed by atoms with van der Waals surface area (Å²) in [5.41, 5.74) is 3.60. The number of aryl methyl sites for hydroxylation is 1. The van der Waals surface area contributed by atoms with Crippen LogP contribution in [0, 0.1) is 23.7 Å². The third-order valence-corrected chi connectivity index (χ3v) is 14.9. The molecule has 0 bridgehead atoms. The van der Waals surface area contributed by atoms with E-state index in [1.54, 1.807) is 78.1 Å². The van der Waals surface area contributed by atoms with Crippen molar-refractivity contribution >= 4 is 63.7 Å². The molecule has 4 amide bonds. The van der Waals surface area contributed by atoms with Gasteiger partial charge in [0.2, 0.25) is 11.8 Å². The van der Waals surface area contributed by atoms with Crippen molar-refractivity contribution in [3.05, 3.63) is 149 Å². The molecule has 2 fully saturated rings. The standard InChI is InChI=1S/C58H58F3N7O7S2/c1-35-49(77-34-64-35)39-11-9-36(10-12-39)32-63-52(71)48-30-44(69)33-66(48)53(72)50(56(2,3)4)65-51(70)40-18-25-46(26-19-40)75-28-8-7-27-74-45-23-16-38(17-24-45)37-13-20-42(21-14-37)68-55(76)67(54(73)57(68,5)6)43-22-15-41(31-62)47(29-43)58(59,60)61/h9-26,29,34,44,48,50,69H,7-8,27-28,30,32-33H2,1-6H3,(H,63,71)(H,65,70)/t44-,48+,50?/m1/s1. The van der Waals surface area contributed by atoms with E-state index >= 15 is 0 Å². The Kier molecular flexibility index (Phi) is 16.5. The van der Waals surface area contributed by atoms with Crippen LogP contribution in [0.15, 0.2) is 121 Å². The van der Waals surface area contributed by atoms with Gasteiger partial charge >= 0.3 is 6.18 Å². The van der Waals surface area contributed by atoms with Gasteiger partial charge in [-0.05, 0) is 140 Å². The fourth-order valence-corrected chi connectivity index (χ4v) is 10.6. The lowest BCUT2D eigenvalue weighted by Crippen LogP contribution is -2.57. The quantitative estimate of drug-likeness (QED) is 0.0585. The minimum atomic E-state index is -4.80. The zero-order chi connectivity index (χ0) is 55.4. The average molecular weight is 1090 g/mol. The summed E-state index contributed by atoms with van der Waals surface area (Å²) in [6, 6.07) is 32.1. The Hall–Kier alpha value is -7.66. The van der Waals surface area contributed by atoms with Crippen LogP contribution in [0.5, 0.6) is 11.5 Å². The van der Waals surface area contributed by atoms with Crippen molar-refractivity contribution in [3.63, 3.8) is 0 Å². The first kappa shape index (κ1) is 55.6. The van der Waals surface area contributed by atoms with Gasteiger partial charge in [-0.15, -0.1) is 11.3 Å². The summed E-state index contributed by atoms with van der Waals surface area (Å²) in [5, 5.41) is 25.7. The number of anilines is 2. The Morgan fingerprint density at radius 1 is 0.870 bits per heavy atom. The minimum absolute atomic E-state index is 0.00909. The van der Waals surface area contributed by atoms with Crippen LogP contribution in [0.4, 0.5) is 24.5 Å². The third-order valence-electron chi connectivity index (χ3n) is 13.5. The monoisotopic (exact) mass is 1090 g/mol. The highest BCUT2D eigenvalue weighted by atomic mass is 32.1. The molecular weight excluding hydrogens is 1030 g/mol. The molecule has 1 unspecified atom stereocenters. The van der Waals surface area contributed by atoms with Crippen molar-refractivity contribution in [1.82, 2.24) is 20.5 Å². The fourth-order valence-electron chi connectivity index (χ4n) is 9.29. The van der Waals surface area contributed by atoms with Crippen molar-refractivity contribution in [2.45, 2.75) is 97.3 Å². The van der Waals surface area contributed by atoms with Crippen molar-refractivity contribution < 1.29 is 46.9 Å². The minimum Gasteiger partial charge on any atom is -0.494 e. The van der Waals surface area contributed by atoms with Crippen molar-refractivity contribution in [3.8, 4) is 39.1 Å². The first-order valence-corrected chi connectivity index (χ1v) is 26.3. The predicted molar refractivity (Wildman–Crippen MR) is 292 cm³/mol. The van der Waals surface area contributed by atoms with Gasteiger partial charge in [0.1, 0.15) is 29.1 Å². The van der Waals surface area contributed by atoms with Gasteiger partial charge in [-0.2, -0.15) is 18.4 Å². The lowest BCUT2D eigenvalue weighted by molar-refractivity contribution is -0.142. The maximum atomic E-state index is 14.2. The molecule has 3 N–H and O–H groups in total. The van der Waals surface area contributed by atoms with Crippen LogP contribution in [0.2, 0.25) is 0 Å². The maximum Gasteiger partial charge on any atom is 0.417 e. The number of thiocarbonyl (C=S) groups is 1. The largest absolute Gasteiger partial charge is 0.494 e. The summed E-state index contributed by atoms with van der Waals surface area (Å²) in [7, 11) is 0. The van der Waals surface area contributed by atoms with Crippen LogP contribution in [0.1, 0.15) is 86.6 Å². The molecule has 1 aromatic heterocycles. The number of amides is 4. The van der Waals surface area contributed by atoms with E-state index in [1.807, 2.05) is 88.4 Å². The van der Waals surface area contributed by atoms with E-state index in [0.717, 1.165) is 49.9 Å². The molecule has 14 nitrogen and oxygen atoms in total. The van der Waals surface area contributed by atoms with Crippen molar-refractivity contribution in [2.75, 3.05) is 29.6 Å². The molecule has 6 aromatic rings. The van der Waals surface area contributed by atoms with E-state index in [2.05, 4.69) is 15.6 Å². The molecule has 0 spiro atoms. The molecule has 5 aromatic carbocycles. The number of aliphatic hydroxyl groups is 1. The number of aliphatic hydroxyl groups excluding tert-OH is 1. The summed E-state index contributed by atoms with van der Waals surface area (Å²) < 4.78 is 53.3. The Labute approximate surface area is 454 Å². The third kappa shape index (κ3) is 12.5. The lowest BCUT2D eigenvalue weighted by atomic mass is 9.85.